The van der Waals surface area contributed by atoms with E-state index in [0.717, 1.165) is 21.3 Å². The molecule has 0 aliphatic rings. The van der Waals surface area contributed by atoms with Gasteiger partial charge in [0.05, 0.1) is 16.8 Å². The van der Waals surface area contributed by atoms with E-state index in [1.807, 2.05) is 44.2 Å². The zero-order valence-electron chi connectivity index (χ0n) is 13.5. The first-order valence-electron chi connectivity index (χ1n) is 7.38. The number of aliphatic imine (C=N–C) groups is 1. The second-order valence-corrected chi connectivity index (χ2v) is 6.21. The van der Waals surface area contributed by atoms with Gasteiger partial charge in [0, 0.05) is 11.2 Å². The molecule has 0 aliphatic heterocycles. The topological polar surface area (TPSA) is 30.8 Å². The summed E-state index contributed by atoms with van der Waals surface area (Å²) in [5, 5.41) is 0.693. The maximum Gasteiger partial charge on any atom is 0.176 e. The molecule has 3 nitrogen and oxygen atoms in total. The van der Waals surface area contributed by atoms with Gasteiger partial charge in [0.2, 0.25) is 0 Å². The molecule has 0 fully saturated rings. The predicted molar refractivity (Wildman–Crippen MR) is 103 cm³/mol. The molecule has 0 spiro atoms. The van der Waals surface area contributed by atoms with Crippen molar-refractivity contribution in [1.29, 1.82) is 0 Å². The third-order valence-corrected chi connectivity index (χ3v) is 4.15. The minimum atomic E-state index is 0.175. The minimum absolute atomic E-state index is 0.175. The molecule has 24 heavy (non-hydrogen) atoms. The van der Waals surface area contributed by atoms with Crippen molar-refractivity contribution in [2.24, 2.45) is 4.99 Å². The highest BCUT2D eigenvalue weighted by Gasteiger charge is 2.11. The molecule has 0 bridgehead atoms. The molecule has 0 heterocycles. The number of ether oxygens (including phenoxy) is 2. The van der Waals surface area contributed by atoms with Crippen molar-refractivity contribution in [3.05, 3.63) is 51.0 Å². The van der Waals surface area contributed by atoms with Crippen molar-refractivity contribution < 1.29 is 9.47 Å². The van der Waals surface area contributed by atoms with Crippen LogP contribution in [0.25, 0.3) is 0 Å². The number of hydrogen-bond acceptors (Lipinski definition) is 3. The Kier molecular flexibility index (Phi) is 6.72. The van der Waals surface area contributed by atoms with Crippen molar-refractivity contribution >= 4 is 39.4 Å². The molecule has 0 saturated heterocycles. The third-order valence-electron chi connectivity index (χ3n) is 3.15. The lowest BCUT2D eigenvalue weighted by Crippen LogP contribution is -2.01. The smallest absolute Gasteiger partial charge is 0.176 e. The lowest BCUT2D eigenvalue weighted by molar-refractivity contribution is 0.298. The number of rotatable bonds is 6. The van der Waals surface area contributed by atoms with E-state index < -0.39 is 0 Å². The summed E-state index contributed by atoms with van der Waals surface area (Å²) in [6.07, 6.45) is 7.00. The Labute approximate surface area is 155 Å². The van der Waals surface area contributed by atoms with Gasteiger partial charge in [-0.2, -0.15) is 0 Å². The maximum absolute atomic E-state index is 6.12. The molecular weight excluding hydrogens is 390 g/mol. The van der Waals surface area contributed by atoms with E-state index in [9.17, 15) is 0 Å². The Morgan fingerprint density at radius 3 is 2.75 bits per heavy atom. The van der Waals surface area contributed by atoms with Gasteiger partial charge >= 0.3 is 0 Å². The van der Waals surface area contributed by atoms with Crippen LogP contribution in [0.4, 0.5) is 5.69 Å². The Hall–Kier alpha value is -1.96. The molecule has 2 rings (SSSR count). The van der Waals surface area contributed by atoms with Gasteiger partial charge in [-0.3, -0.25) is 4.99 Å². The molecular formula is C19H17BrClNO2. The SMILES string of the molecule is C#CCOc1c(Br)cc(C=Nc2ccc(C)c(Cl)c2)cc1OCC. The fourth-order valence-electron chi connectivity index (χ4n) is 1.99. The van der Waals surface area contributed by atoms with Crippen LogP contribution in [0.5, 0.6) is 11.5 Å². The van der Waals surface area contributed by atoms with Gasteiger partial charge in [0.15, 0.2) is 11.5 Å². The van der Waals surface area contributed by atoms with E-state index >= 15 is 0 Å². The summed E-state index contributed by atoms with van der Waals surface area (Å²) in [4.78, 5) is 4.45. The van der Waals surface area contributed by atoms with Crippen LogP contribution in [0.2, 0.25) is 5.02 Å². The fourth-order valence-corrected chi connectivity index (χ4v) is 2.74. The van der Waals surface area contributed by atoms with Crippen molar-refractivity contribution in [3.8, 4) is 23.8 Å². The molecule has 0 aromatic heterocycles. The average molecular weight is 407 g/mol. The van der Waals surface area contributed by atoms with Gasteiger partial charge in [-0.25, -0.2) is 0 Å². The van der Waals surface area contributed by atoms with Crippen molar-refractivity contribution in [3.63, 3.8) is 0 Å². The van der Waals surface area contributed by atoms with E-state index in [-0.39, 0.29) is 6.61 Å². The molecule has 0 radical (unpaired) electrons. The van der Waals surface area contributed by atoms with Crippen LogP contribution in [-0.2, 0) is 0 Å². The number of halogens is 2. The molecule has 0 atom stereocenters. The quantitative estimate of drug-likeness (QED) is 0.463. The monoisotopic (exact) mass is 405 g/mol. The summed E-state index contributed by atoms with van der Waals surface area (Å²) in [5.41, 5.74) is 2.68. The first-order valence-corrected chi connectivity index (χ1v) is 8.55. The third kappa shape index (κ3) is 4.77. The fraction of sp³-hybridized carbons (Fsp3) is 0.211. The summed E-state index contributed by atoms with van der Waals surface area (Å²) in [7, 11) is 0. The summed E-state index contributed by atoms with van der Waals surface area (Å²) in [6.45, 7) is 4.56. The van der Waals surface area contributed by atoms with Gasteiger partial charge in [-0.1, -0.05) is 23.6 Å². The second kappa shape index (κ2) is 8.77. The van der Waals surface area contributed by atoms with Gasteiger partial charge in [-0.05, 0) is 65.2 Å². The Morgan fingerprint density at radius 1 is 1.29 bits per heavy atom. The molecule has 124 valence electrons. The zero-order chi connectivity index (χ0) is 17.5. The van der Waals surface area contributed by atoms with Crippen LogP contribution in [0.15, 0.2) is 39.8 Å². The lowest BCUT2D eigenvalue weighted by atomic mass is 10.2. The van der Waals surface area contributed by atoms with E-state index in [2.05, 4.69) is 26.8 Å². The van der Waals surface area contributed by atoms with Crippen LogP contribution < -0.4 is 9.47 Å². The number of aryl methyl sites for hydroxylation is 1. The minimum Gasteiger partial charge on any atom is -0.490 e. The van der Waals surface area contributed by atoms with Gasteiger partial charge in [0.1, 0.15) is 6.61 Å². The molecule has 2 aromatic carbocycles. The highest BCUT2D eigenvalue weighted by molar-refractivity contribution is 9.10. The Bertz CT molecular complexity index is 797. The van der Waals surface area contributed by atoms with E-state index in [4.69, 9.17) is 27.5 Å². The molecule has 5 heteroatoms. The molecule has 0 N–H and O–H groups in total. The van der Waals surface area contributed by atoms with E-state index in [0.29, 0.717) is 23.1 Å². The van der Waals surface area contributed by atoms with Crippen molar-refractivity contribution in [2.75, 3.05) is 13.2 Å². The van der Waals surface area contributed by atoms with Crippen LogP contribution in [0.3, 0.4) is 0 Å². The van der Waals surface area contributed by atoms with E-state index in [1.54, 1.807) is 6.21 Å². The first-order chi connectivity index (χ1) is 11.5. The first kappa shape index (κ1) is 18.4. The van der Waals surface area contributed by atoms with Crippen LogP contribution >= 0.6 is 27.5 Å². The zero-order valence-corrected chi connectivity index (χ0v) is 15.8. The van der Waals surface area contributed by atoms with Gasteiger partial charge < -0.3 is 9.47 Å². The van der Waals surface area contributed by atoms with Crippen LogP contribution in [-0.4, -0.2) is 19.4 Å². The number of terminal acetylenes is 1. The Balaban J connectivity index is 2.31. The van der Waals surface area contributed by atoms with Gasteiger partial charge in [0.25, 0.3) is 0 Å². The Morgan fingerprint density at radius 2 is 2.08 bits per heavy atom. The largest absolute Gasteiger partial charge is 0.490 e. The summed E-state index contributed by atoms with van der Waals surface area (Å²) in [5.74, 6) is 3.65. The second-order valence-electron chi connectivity index (χ2n) is 4.95. The van der Waals surface area contributed by atoms with Gasteiger partial charge in [-0.15, -0.1) is 6.42 Å². The van der Waals surface area contributed by atoms with E-state index in [1.165, 1.54) is 0 Å². The van der Waals surface area contributed by atoms with Crippen LogP contribution in [0.1, 0.15) is 18.1 Å². The maximum atomic E-state index is 6.12. The highest BCUT2D eigenvalue weighted by Crippen LogP contribution is 2.36. The highest BCUT2D eigenvalue weighted by atomic mass is 79.9. The lowest BCUT2D eigenvalue weighted by Gasteiger charge is -2.13. The number of hydrogen-bond donors (Lipinski definition) is 0. The number of nitrogens with zero attached hydrogens (tertiary/aromatic N) is 1. The van der Waals surface area contributed by atoms with Crippen LogP contribution in [0, 0.1) is 19.3 Å². The standard InChI is InChI=1S/C19H17BrClNO2/c1-4-8-24-19-16(20)9-14(10-18(19)23-5-2)12-22-15-7-6-13(3)17(21)11-15/h1,6-7,9-12H,5,8H2,2-3H3. The normalized spacial score (nSPS) is 10.6. The molecule has 0 amide bonds. The average Bonchev–Trinajstić information content (AvgIpc) is 2.55. The molecule has 0 aliphatic carbocycles. The molecule has 0 unspecified atom stereocenters. The molecule has 2 aromatic rings. The molecule has 0 saturated carbocycles. The predicted octanol–water partition coefficient (Wildman–Crippen LogP) is 5.57. The summed E-state index contributed by atoms with van der Waals surface area (Å²) >= 11 is 9.61. The number of benzene rings is 2. The summed E-state index contributed by atoms with van der Waals surface area (Å²) in [6, 6.07) is 9.44. The summed E-state index contributed by atoms with van der Waals surface area (Å²) < 4.78 is 11.9. The van der Waals surface area contributed by atoms with Crippen molar-refractivity contribution in [1.82, 2.24) is 0 Å². The van der Waals surface area contributed by atoms with Crippen molar-refractivity contribution in [2.45, 2.75) is 13.8 Å².